The van der Waals surface area contributed by atoms with Gasteiger partial charge >= 0.3 is 0 Å². The summed E-state index contributed by atoms with van der Waals surface area (Å²) in [5, 5.41) is 9.92. The Bertz CT molecular complexity index is 1820. The third-order valence-corrected chi connectivity index (χ3v) is 8.24. The number of aromatic amines is 1. The van der Waals surface area contributed by atoms with E-state index in [2.05, 4.69) is 16.0 Å². The summed E-state index contributed by atoms with van der Waals surface area (Å²) in [4.78, 5) is 21.1. The van der Waals surface area contributed by atoms with E-state index in [1.807, 2.05) is 26.8 Å². The summed E-state index contributed by atoms with van der Waals surface area (Å²) in [7, 11) is -3.85. The van der Waals surface area contributed by atoms with Gasteiger partial charge in [0.05, 0.1) is 33.1 Å². The summed E-state index contributed by atoms with van der Waals surface area (Å²) in [5.74, 6) is -0.407. The van der Waals surface area contributed by atoms with Crippen molar-refractivity contribution >= 4 is 37.7 Å². The standard InChI is InChI=1S/C28H24N4O3S/c1-16-5-8-21(9-6-16)36(34,35)32-12-11-22-25(17(2)13-18(3)27(22)32)26(19(4)33)28-30-23-10-7-20(15-29)14-24(23)31-28/h5-14,26H,1-4H3,(H,30,31). The molecule has 5 rings (SSSR count). The summed E-state index contributed by atoms with van der Waals surface area (Å²) in [6.07, 6.45) is 1.55. The molecule has 5 aromatic rings. The van der Waals surface area contributed by atoms with Crippen LogP contribution < -0.4 is 0 Å². The van der Waals surface area contributed by atoms with Crippen LogP contribution in [0.1, 0.15) is 46.5 Å². The van der Waals surface area contributed by atoms with Gasteiger partial charge in [-0.1, -0.05) is 23.8 Å². The number of Topliss-reactive ketones (excluding diaryl/α,β-unsaturated/α-hetero) is 1. The minimum Gasteiger partial charge on any atom is -0.341 e. The fourth-order valence-corrected chi connectivity index (χ4v) is 6.29. The van der Waals surface area contributed by atoms with Crippen molar-refractivity contribution in [2.24, 2.45) is 0 Å². The topological polar surface area (TPSA) is 109 Å². The van der Waals surface area contributed by atoms with Gasteiger partial charge in [0.25, 0.3) is 10.0 Å². The normalized spacial score (nSPS) is 12.6. The van der Waals surface area contributed by atoms with Crippen molar-refractivity contribution in [3.05, 3.63) is 94.4 Å². The largest absolute Gasteiger partial charge is 0.341 e. The molecule has 7 nitrogen and oxygen atoms in total. The second-order valence-electron chi connectivity index (χ2n) is 9.13. The summed E-state index contributed by atoms with van der Waals surface area (Å²) >= 11 is 0. The lowest BCUT2D eigenvalue weighted by atomic mass is 9.87. The number of fused-ring (bicyclic) bond motifs is 2. The number of imidazole rings is 1. The van der Waals surface area contributed by atoms with E-state index in [0.717, 1.165) is 16.7 Å². The van der Waals surface area contributed by atoms with Crippen LogP contribution in [0.2, 0.25) is 0 Å². The van der Waals surface area contributed by atoms with Gasteiger partial charge in [0.1, 0.15) is 17.5 Å². The molecule has 0 spiro atoms. The average molecular weight is 497 g/mol. The van der Waals surface area contributed by atoms with Gasteiger partial charge in [0, 0.05) is 11.6 Å². The van der Waals surface area contributed by atoms with Gasteiger partial charge in [-0.3, -0.25) is 4.79 Å². The first-order chi connectivity index (χ1) is 17.1. The smallest absolute Gasteiger partial charge is 0.268 e. The fourth-order valence-electron chi connectivity index (χ4n) is 4.88. The number of H-pyrrole nitrogens is 1. The zero-order chi connectivity index (χ0) is 25.8. The number of carbonyl (C=O) groups excluding carboxylic acids is 1. The number of nitrogens with one attached hydrogen (secondary N) is 1. The van der Waals surface area contributed by atoms with Gasteiger partial charge in [-0.25, -0.2) is 17.4 Å². The molecule has 36 heavy (non-hydrogen) atoms. The Hall–Kier alpha value is -4.22. The SMILES string of the molecule is CC(=O)C(c1nc2ccc(C#N)cc2[nH]1)c1c(C)cc(C)c2c1ccn2S(=O)(=O)c1ccc(C)cc1. The highest BCUT2D eigenvalue weighted by Crippen LogP contribution is 2.37. The molecule has 180 valence electrons. The second-order valence-corrected chi connectivity index (χ2v) is 10.9. The van der Waals surface area contributed by atoms with Crippen molar-refractivity contribution in [2.75, 3.05) is 0 Å². The van der Waals surface area contributed by atoms with E-state index >= 15 is 0 Å². The van der Waals surface area contributed by atoms with Crippen molar-refractivity contribution in [3.63, 3.8) is 0 Å². The van der Waals surface area contributed by atoms with Crippen LogP contribution in [0.15, 0.2) is 65.7 Å². The van der Waals surface area contributed by atoms with Gasteiger partial charge in [0.2, 0.25) is 0 Å². The molecule has 0 aliphatic carbocycles. The van der Waals surface area contributed by atoms with E-state index in [1.165, 1.54) is 10.9 Å². The third kappa shape index (κ3) is 3.69. The molecule has 0 amide bonds. The molecule has 0 saturated heterocycles. The maximum absolute atomic E-state index is 13.6. The van der Waals surface area contributed by atoms with E-state index in [1.54, 1.807) is 54.7 Å². The molecule has 3 aromatic carbocycles. The van der Waals surface area contributed by atoms with Crippen LogP contribution in [-0.2, 0) is 14.8 Å². The predicted octanol–water partition coefficient (Wildman–Crippen LogP) is 5.27. The third-order valence-electron chi connectivity index (χ3n) is 6.55. The first-order valence-corrected chi connectivity index (χ1v) is 12.9. The first-order valence-electron chi connectivity index (χ1n) is 11.5. The molecule has 1 unspecified atom stereocenters. The maximum Gasteiger partial charge on any atom is 0.268 e. The molecular formula is C28H24N4O3S. The molecular weight excluding hydrogens is 472 g/mol. The number of benzene rings is 3. The van der Waals surface area contributed by atoms with Gasteiger partial charge < -0.3 is 4.98 Å². The number of nitrogens with zero attached hydrogens (tertiary/aromatic N) is 3. The van der Waals surface area contributed by atoms with Crippen molar-refractivity contribution in [1.29, 1.82) is 5.26 Å². The van der Waals surface area contributed by atoms with Crippen molar-refractivity contribution in [2.45, 2.75) is 38.5 Å². The van der Waals surface area contributed by atoms with Gasteiger partial charge in [-0.05, 0) is 80.8 Å². The zero-order valence-electron chi connectivity index (χ0n) is 20.3. The van der Waals surface area contributed by atoms with Gasteiger partial charge in [-0.2, -0.15) is 5.26 Å². The van der Waals surface area contributed by atoms with Crippen LogP contribution in [0, 0.1) is 32.1 Å². The maximum atomic E-state index is 13.6. The Morgan fingerprint density at radius 3 is 2.42 bits per heavy atom. The van der Waals surface area contributed by atoms with Crippen LogP contribution in [0.5, 0.6) is 0 Å². The molecule has 2 aromatic heterocycles. The Balaban J connectivity index is 1.74. The first kappa shape index (κ1) is 23.5. The number of aromatic nitrogens is 3. The number of nitriles is 1. The van der Waals surface area contributed by atoms with Crippen LogP contribution in [0.4, 0.5) is 0 Å². The van der Waals surface area contributed by atoms with Crippen LogP contribution >= 0.6 is 0 Å². The highest BCUT2D eigenvalue weighted by Gasteiger charge is 2.29. The number of rotatable bonds is 5. The van der Waals surface area contributed by atoms with Gasteiger partial charge in [-0.15, -0.1) is 0 Å². The summed E-state index contributed by atoms with van der Waals surface area (Å²) in [6.45, 7) is 7.19. The average Bonchev–Trinajstić information content (AvgIpc) is 3.46. The van der Waals surface area contributed by atoms with Crippen LogP contribution in [0.25, 0.3) is 21.9 Å². The number of carbonyl (C=O) groups is 1. The highest BCUT2D eigenvalue weighted by atomic mass is 32.2. The Labute approximate surface area is 209 Å². The lowest BCUT2D eigenvalue weighted by molar-refractivity contribution is -0.117. The van der Waals surface area contributed by atoms with Crippen LogP contribution in [0.3, 0.4) is 0 Å². The van der Waals surface area contributed by atoms with Crippen molar-refractivity contribution in [1.82, 2.24) is 13.9 Å². The number of aryl methyl sites for hydroxylation is 3. The molecule has 0 aliphatic heterocycles. The fraction of sp³-hybridized carbons (Fsp3) is 0.179. The Morgan fingerprint density at radius 1 is 1.03 bits per heavy atom. The summed E-state index contributed by atoms with van der Waals surface area (Å²) < 4.78 is 28.4. The van der Waals surface area contributed by atoms with Crippen molar-refractivity contribution < 1.29 is 13.2 Å². The molecule has 0 bridgehead atoms. The molecule has 2 heterocycles. The number of ketones is 1. The Morgan fingerprint density at radius 2 is 1.75 bits per heavy atom. The minimum absolute atomic E-state index is 0.128. The zero-order valence-corrected chi connectivity index (χ0v) is 21.1. The molecule has 0 radical (unpaired) electrons. The molecule has 1 N–H and O–H groups in total. The second kappa shape index (κ2) is 8.47. The van der Waals surface area contributed by atoms with E-state index in [4.69, 9.17) is 0 Å². The van der Waals surface area contributed by atoms with E-state index in [9.17, 15) is 18.5 Å². The lowest BCUT2D eigenvalue weighted by Gasteiger charge is -2.18. The minimum atomic E-state index is -3.85. The summed E-state index contributed by atoms with van der Waals surface area (Å²) in [6, 6.07) is 17.6. The monoisotopic (exact) mass is 496 g/mol. The molecule has 8 heteroatoms. The van der Waals surface area contributed by atoms with Crippen molar-refractivity contribution in [3.8, 4) is 6.07 Å². The lowest BCUT2D eigenvalue weighted by Crippen LogP contribution is -2.16. The number of hydrogen-bond acceptors (Lipinski definition) is 5. The van der Waals surface area contributed by atoms with Gasteiger partial charge in [0.15, 0.2) is 0 Å². The molecule has 0 fully saturated rings. The predicted molar refractivity (Wildman–Crippen MR) is 139 cm³/mol. The summed E-state index contributed by atoms with van der Waals surface area (Å²) in [5.41, 5.74) is 5.67. The molecule has 0 aliphatic rings. The number of hydrogen-bond donors (Lipinski definition) is 1. The Kier molecular flexibility index (Phi) is 5.53. The van der Waals surface area contributed by atoms with Crippen LogP contribution in [-0.4, -0.2) is 28.1 Å². The van der Waals surface area contributed by atoms with E-state index in [0.29, 0.717) is 38.9 Å². The molecule has 0 saturated carbocycles. The van der Waals surface area contributed by atoms with E-state index in [-0.39, 0.29) is 10.7 Å². The quantitative estimate of drug-likeness (QED) is 0.356. The highest BCUT2D eigenvalue weighted by molar-refractivity contribution is 7.90. The van der Waals surface area contributed by atoms with E-state index < -0.39 is 15.9 Å². The molecule has 1 atom stereocenters.